The molecule has 1 aromatic heterocycles. The van der Waals surface area contributed by atoms with Crippen LogP contribution >= 0.6 is 0 Å². The number of aromatic nitrogens is 2. The third-order valence-electron chi connectivity index (χ3n) is 3.94. The second-order valence-electron chi connectivity index (χ2n) is 7.15. The van der Waals surface area contributed by atoms with Gasteiger partial charge in [0, 0.05) is 18.4 Å². The first-order valence-electron chi connectivity index (χ1n) is 8.89. The van der Waals surface area contributed by atoms with Crippen molar-refractivity contribution in [2.24, 2.45) is 0 Å². The monoisotopic (exact) mass is 340 g/mol. The van der Waals surface area contributed by atoms with Crippen molar-refractivity contribution in [1.29, 1.82) is 0 Å². The van der Waals surface area contributed by atoms with Crippen LogP contribution in [-0.4, -0.2) is 22.4 Å². The molecule has 0 aliphatic heterocycles. The first-order chi connectivity index (χ1) is 11.9. The minimum absolute atomic E-state index is 0.00213. The van der Waals surface area contributed by atoms with Crippen LogP contribution in [0.2, 0.25) is 0 Å². The quantitative estimate of drug-likeness (QED) is 0.731. The minimum Gasteiger partial charge on any atom is -0.351 e. The molecule has 2 aromatic rings. The van der Waals surface area contributed by atoms with Crippen LogP contribution in [0.5, 0.6) is 0 Å². The number of hydrogen-bond acceptors (Lipinski definition) is 4. The molecule has 0 atom stereocenters. The number of anilines is 2. The number of amides is 1. The second-order valence-corrected chi connectivity index (χ2v) is 7.15. The Kier molecular flexibility index (Phi) is 6.51. The van der Waals surface area contributed by atoms with E-state index in [0.29, 0.717) is 18.2 Å². The number of benzene rings is 1. The number of nitrogens with one attached hydrogen (secondary N) is 2. The molecule has 0 saturated heterocycles. The zero-order valence-corrected chi connectivity index (χ0v) is 15.6. The van der Waals surface area contributed by atoms with Gasteiger partial charge in [-0.2, -0.15) is 0 Å². The van der Waals surface area contributed by atoms with Crippen molar-refractivity contribution in [1.82, 2.24) is 15.3 Å². The summed E-state index contributed by atoms with van der Waals surface area (Å²) in [5, 5.41) is 6.15. The van der Waals surface area contributed by atoms with Crippen LogP contribution in [-0.2, 0) is 5.41 Å². The van der Waals surface area contributed by atoms with Crippen LogP contribution in [0.4, 0.5) is 11.6 Å². The molecule has 5 nitrogen and oxygen atoms in total. The molecule has 1 heterocycles. The molecule has 25 heavy (non-hydrogen) atoms. The summed E-state index contributed by atoms with van der Waals surface area (Å²) < 4.78 is 0. The maximum atomic E-state index is 12.2. The molecule has 0 spiro atoms. The summed E-state index contributed by atoms with van der Waals surface area (Å²) in [6.45, 7) is 9.30. The number of rotatable bonds is 7. The summed E-state index contributed by atoms with van der Waals surface area (Å²) in [6.07, 6.45) is 4.83. The van der Waals surface area contributed by atoms with Crippen LogP contribution in [0.15, 0.2) is 36.5 Å². The second kappa shape index (κ2) is 8.60. The average molecular weight is 340 g/mol. The summed E-state index contributed by atoms with van der Waals surface area (Å²) in [5.74, 6) is 0.267. The Morgan fingerprint density at radius 1 is 1.12 bits per heavy atom. The Bertz CT molecular complexity index is 707. The van der Waals surface area contributed by atoms with E-state index in [-0.39, 0.29) is 11.3 Å². The van der Waals surface area contributed by atoms with E-state index in [1.54, 1.807) is 12.3 Å². The zero-order chi connectivity index (χ0) is 18.3. The lowest BCUT2D eigenvalue weighted by Crippen LogP contribution is -2.25. The van der Waals surface area contributed by atoms with Gasteiger partial charge in [0.15, 0.2) is 0 Å². The summed E-state index contributed by atoms with van der Waals surface area (Å²) in [6, 6.07) is 9.72. The van der Waals surface area contributed by atoms with E-state index in [2.05, 4.69) is 54.4 Å². The van der Waals surface area contributed by atoms with Gasteiger partial charge >= 0.3 is 0 Å². The lowest BCUT2D eigenvalue weighted by Gasteiger charge is -2.23. The maximum Gasteiger partial charge on any atom is 0.270 e. The predicted molar refractivity (Wildman–Crippen MR) is 102 cm³/mol. The van der Waals surface area contributed by atoms with E-state index in [4.69, 9.17) is 0 Å². The molecule has 2 rings (SSSR count). The minimum atomic E-state index is -0.161. The van der Waals surface area contributed by atoms with Crippen LogP contribution in [0.1, 0.15) is 63.0 Å². The zero-order valence-electron chi connectivity index (χ0n) is 15.6. The first kappa shape index (κ1) is 18.9. The number of hydrogen-bond donors (Lipinski definition) is 2. The first-order valence-corrected chi connectivity index (χ1v) is 8.89. The largest absolute Gasteiger partial charge is 0.351 e. The molecule has 0 aliphatic rings. The van der Waals surface area contributed by atoms with Gasteiger partial charge in [-0.1, -0.05) is 58.7 Å². The predicted octanol–water partition coefficient (Wildman–Crippen LogP) is 4.44. The molecule has 1 amide bonds. The fourth-order valence-corrected chi connectivity index (χ4v) is 2.58. The summed E-state index contributed by atoms with van der Waals surface area (Å²) in [7, 11) is 0. The van der Waals surface area contributed by atoms with E-state index < -0.39 is 0 Å². The van der Waals surface area contributed by atoms with Gasteiger partial charge in [-0.25, -0.2) is 9.97 Å². The number of nitrogens with zero attached hydrogens (tertiary/aromatic N) is 2. The standard InChI is InChI=1S/C20H28N4O/c1-5-6-9-13-21-18(25)17-12-14-22-19(24-17)23-16-11-8-7-10-15(16)20(2,3)4/h7-8,10-12,14H,5-6,9,13H2,1-4H3,(H,21,25)(H,22,23,24). The van der Waals surface area contributed by atoms with Gasteiger partial charge < -0.3 is 10.6 Å². The Labute approximate surface area is 150 Å². The van der Waals surface area contributed by atoms with E-state index in [1.807, 2.05) is 18.2 Å². The van der Waals surface area contributed by atoms with Gasteiger partial charge in [0.05, 0.1) is 0 Å². The molecule has 0 saturated carbocycles. The molecule has 0 fully saturated rings. The van der Waals surface area contributed by atoms with E-state index >= 15 is 0 Å². The number of carbonyl (C=O) groups excluding carboxylic acids is 1. The number of para-hydroxylation sites is 1. The summed E-state index contributed by atoms with van der Waals surface area (Å²) in [4.78, 5) is 20.8. The van der Waals surface area contributed by atoms with Gasteiger partial charge in [-0.05, 0) is 29.5 Å². The van der Waals surface area contributed by atoms with Crippen LogP contribution in [0.25, 0.3) is 0 Å². The lowest BCUT2D eigenvalue weighted by molar-refractivity contribution is 0.0948. The highest BCUT2D eigenvalue weighted by Gasteiger charge is 2.18. The van der Waals surface area contributed by atoms with Crippen molar-refractivity contribution in [3.8, 4) is 0 Å². The lowest BCUT2D eigenvalue weighted by atomic mass is 9.86. The van der Waals surface area contributed by atoms with Crippen LogP contribution < -0.4 is 10.6 Å². The Balaban J connectivity index is 2.11. The third kappa shape index (κ3) is 5.55. The topological polar surface area (TPSA) is 66.9 Å². The van der Waals surface area contributed by atoms with Gasteiger partial charge in [-0.3, -0.25) is 4.79 Å². The fourth-order valence-electron chi connectivity index (χ4n) is 2.58. The van der Waals surface area contributed by atoms with Gasteiger partial charge in [0.1, 0.15) is 5.69 Å². The van der Waals surface area contributed by atoms with Crippen molar-refractivity contribution in [2.45, 2.75) is 52.4 Å². The Hall–Kier alpha value is -2.43. The Morgan fingerprint density at radius 3 is 2.60 bits per heavy atom. The molecule has 0 aliphatic carbocycles. The fraction of sp³-hybridized carbons (Fsp3) is 0.450. The van der Waals surface area contributed by atoms with E-state index in [0.717, 1.165) is 24.9 Å². The van der Waals surface area contributed by atoms with E-state index in [1.165, 1.54) is 5.56 Å². The smallest absolute Gasteiger partial charge is 0.270 e. The molecule has 0 unspecified atom stereocenters. The van der Waals surface area contributed by atoms with Crippen molar-refractivity contribution in [2.75, 3.05) is 11.9 Å². The molecule has 134 valence electrons. The molecule has 1 aromatic carbocycles. The van der Waals surface area contributed by atoms with Crippen molar-refractivity contribution in [3.63, 3.8) is 0 Å². The summed E-state index contributed by atoms with van der Waals surface area (Å²) in [5.41, 5.74) is 2.50. The highest BCUT2D eigenvalue weighted by atomic mass is 16.1. The number of carbonyl (C=O) groups is 1. The molecular formula is C20H28N4O. The van der Waals surface area contributed by atoms with Crippen molar-refractivity contribution < 1.29 is 4.79 Å². The van der Waals surface area contributed by atoms with Gasteiger partial charge in [0.2, 0.25) is 5.95 Å². The number of unbranched alkanes of at least 4 members (excludes halogenated alkanes) is 2. The molecule has 0 bridgehead atoms. The summed E-state index contributed by atoms with van der Waals surface area (Å²) >= 11 is 0. The molecule has 2 N–H and O–H groups in total. The van der Waals surface area contributed by atoms with E-state index in [9.17, 15) is 4.79 Å². The maximum absolute atomic E-state index is 12.2. The molecular weight excluding hydrogens is 312 g/mol. The average Bonchev–Trinajstić information content (AvgIpc) is 2.58. The molecule has 0 radical (unpaired) electrons. The Morgan fingerprint density at radius 2 is 1.88 bits per heavy atom. The van der Waals surface area contributed by atoms with Gasteiger partial charge in [0.25, 0.3) is 5.91 Å². The van der Waals surface area contributed by atoms with Crippen LogP contribution in [0, 0.1) is 0 Å². The normalized spacial score (nSPS) is 11.2. The van der Waals surface area contributed by atoms with Crippen LogP contribution in [0.3, 0.4) is 0 Å². The highest BCUT2D eigenvalue weighted by Crippen LogP contribution is 2.30. The third-order valence-corrected chi connectivity index (χ3v) is 3.94. The van der Waals surface area contributed by atoms with Crippen molar-refractivity contribution in [3.05, 3.63) is 47.8 Å². The highest BCUT2D eigenvalue weighted by molar-refractivity contribution is 5.92. The van der Waals surface area contributed by atoms with Crippen molar-refractivity contribution >= 4 is 17.5 Å². The van der Waals surface area contributed by atoms with Gasteiger partial charge in [-0.15, -0.1) is 0 Å². The SMILES string of the molecule is CCCCCNC(=O)c1ccnc(Nc2ccccc2C(C)(C)C)n1. The molecule has 5 heteroatoms.